The van der Waals surface area contributed by atoms with Crippen molar-refractivity contribution >= 4 is 23.5 Å². The normalized spacial score (nSPS) is 12.8. The molecule has 6 nitrogen and oxygen atoms in total. The van der Waals surface area contributed by atoms with Gasteiger partial charge >= 0.3 is 11.9 Å². The van der Waals surface area contributed by atoms with Crippen molar-refractivity contribution in [2.45, 2.75) is 0 Å². The molecule has 2 aromatic carbocycles. The summed E-state index contributed by atoms with van der Waals surface area (Å²) in [7, 11) is 0. The number of carboxylic acid groups (broad SMARTS) is 2. The average molecular weight is 326 g/mol. The lowest BCUT2D eigenvalue weighted by atomic mass is 9.81. The lowest BCUT2D eigenvalue weighted by Crippen LogP contribution is -2.40. The van der Waals surface area contributed by atoms with Crippen LogP contribution in [0.3, 0.4) is 0 Å². The van der Waals surface area contributed by atoms with Crippen LogP contribution in [0, 0.1) is 11.8 Å². The van der Waals surface area contributed by atoms with Crippen molar-refractivity contribution in [1.82, 2.24) is 0 Å². The number of carbonyl (C=O) groups excluding carboxylic acids is 2. The second-order valence-electron chi connectivity index (χ2n) is 5.09. The molecule has 0 aliphatic carbocycles. The summed E-state index contributed by atoms with van der Waals surface area (Å²) < 4.78 is 0. The zero-order valence-electron chi connectivity index (χ0n) is 12.5. The second kappa shape index (κ2) is 7.32. The molecule has 24 heavy (non-hydrogen) atoms. The van der Waals surface area contributed by atoms with Gasteiger partial charge in [0, 0.05) is 11.1 Å². The monoisotopic (exact) mass is 326 g/mol. The van der Waals surface area contributed by atoms with E-state index in [1.807, 2.05) is 0 Å². The van der Waals surface area contributed by atoms with Gasteiger partial charge in [-0.25, -0.2) is 0 Å². The van der Waals surface area contributed by atoms with Gasteiger partial charge in [0.2, 0.25) is 0 Å². The smallest absolute Gasteiger partial charge is 0.315 e. The lowest BCUT2D eigenvalue weighted by molar-refractivity contribution is -0.149. The molecule has 0 fully saturated rings. The third-order valence-electron chi connectivity index (χ3n) is 3.55. The molecule has 0 saturated carbocycles. The predicted molar refractivity (Wildman–Crippen MR) is 83.8 cm³/mol. The Morgan fingerprint density at radius 2 is 0.875 bits per heavy atom. The van der Waals surface area contributed by atoms with Gasteiger partial charge in [-0.1, -0.05) is 60.7 Å². The first-order valence-electron chi connectivity index (χ1n) is 7.07. The van der Waals surface area contributed by atoms with Gasteiger partial charge in [-0.2, -0.15) is 0 Å². The third kappa shape index (κ3) is 3.55. The van der Waals surface area contributed by atoms with Gasteiger partial charge in [0.25, 0.3) is 0 Å². The molecular weight excluding hydrogens is 312 g/mol. The van der Waals surface area contributed by atoms with E-state index in [0.29, 0.717) is 0 Å². The van der Waals surface area contributed by atoms with Crippen molar-refractivity contribution in [2.24, 2.45) is 11.8 Å². The number of hydrogen-bond acceptors (Lipinski definition) is 4. The van der Waals surface area contributed by atoms with Crippen LogP contribution in [0.1, 0.15) is 20.7 Å². The van der Waals surface area contributed by atoms with E-state index in [9.17, 15) is 29.4 Å². The van der Waals surface area contributed by atoms with E-state index in [-0.39, 0.29) is 11.1 Å². The van der Waals surface area contributed by atoms with E-state index in [2.05, 4.69) is 0 Å². The van der Waals surface area contributed by atoms with Crippen molar-refractivity contribution in [2.75, 3.05) is 0 Å². The van der Waals surface area contributed by atoms with Gasteiger partial charge in [0.15, 0.2) is 11.6 Å². The number of carbonyl (C=O) groups is 4. The Morgan fingerprint density at radius 3 is 1.12 bits per heavy atom. The summed E-state index contributed by atoms with van der Waals surface area (Å²) in [6.07, 6.45) is 0. The van der Waals surface area contributed by atoms with E-state index in [1.165, 1.54) is 48.5 Å². The van der Waals surface area contributed by atoms with Gasteiger partial charge in [-0.3, -0.25) is 19.2 Å². The SMILES string of the molecule is O=C(O)[C@@H](C(=O)c1ccccc1)[C@@H](C(=O)O)C(=O)c1ccccc1. The molecule has 0 saturated heterocycles. The molecule has 6 heteroatoms. The number of rotatable bonds is 7. The molecule has 0 aliphatic heterocycles. The fourth-order valence-corrected chi connectivity index (χ4v) is 2.38. The van der Waals surface area contributed by atoms with E-state index in [0.717, 1.165) is 0 Å². The van der Waals surface area contributed by atoms with E-state index >= 15 is 0 Å². The van der Waals surface area contributed by atoms with Gasteiger partial charge in [0.1, 0.15) is 11.8 Å². The minimum atomic E-state index is -2.00. The van der Waals surface area contributed by atoms with E-state index < -0.39 is 35.3 Å². The number of ketones is 2. The molecule has 0 heterocycles. The summed E-state index contributed by atoms with van der Waals surface area (Å²) in [4.78, 5) is 48.1. The molecule has 0 aliphatic rings. The van der Waals surface area contributed by atoms with E-state index in [1.54, 1.807) is 12.1 Å². The molecule has 0 bridgehead atoms. The van der Waals surface area contributed by atoms with Crippen LogP contribution in [0.4, 0.5) is 0 Å². The Labute approximate surface area is 137 Å². The number of hydrogen-bond donors (Lipinski definition) is 2. The first-order valence-corrected chi connectivity index (χ1v) is 7.07. The van der Waals surface area contributed by atoms with Crippen LogP contribution in [-0.2, 0) is 9.59 Å². The zero-order valence-corrected chi connectivity index (χ0v) is 12.5. The fourth-order valence-electron chi connectivity index (χ4n) is 2.38. The summed E-state index contributed by atoms with van der Waals surface area (Å²) >= 11 is 0. The van der Waals surface area contributed by atoms with Crippen LogP contribution in [0.15, 0.2) is 60.7 Å². The standard InChI is InChI=1S/C18H14O6/c19-15(11-7-3-1-4-8-11)13(17(21)22)14(18(23)24)16(20)12-9-5-2-6-10-12/h1-10,13-14H,(H,21,22)(H,23,24)/t13-,14-/m1/s1. The predicted octanol–water partition coefficient (Wildman–Crippen LogP) is 2.15. The Balaban J connectivity index is 2.46. The van der Waals surface area contributed by atoms with Crippen molar-refractivity contribution in [3.05, 3.63) is 71.8 Å². The molecule has 2 rings (SSSR count). The summed E-state index contributed by atoms with van der Waals surface area (Å²) in [5, 5.41) is 18.8. The molecule has 0 spiro atoms. The summed E-state index contributed by atoms with van der Waals surface area (Å²) in [5.41, 5.74) is 0.0778. The largest absolute Gasteiger partial charge is 0.481 e. The number of benzene rings is 2. The number of carboxylic acids is 2. The topological polar surface area (TPSA) is 109 Å². The highest BCUT2D eigenvalue weighted by Crippen LogP contribution is 2.23. The first kappa shape index (κ1) is 17.1. The van der Waals surface area contributed by atoms with Crippen molar-refractivity contribution in [1.29, 1.82) is 0 Å². The molecule has 122 valence electrons. The molecule has 2 N–H and O–H groups in total. The first-order chi connectivity index (χ1) is 11.4. The second-order valence-corrected chi connectivity index (χ2v) is 5.09. The summed E-state index contributed by atoms with van der Waals surface area (Å²) in [6, 6.07) is 14.9. The van der Waals surface area contributed by atoms with Gasteiger partial charge < -0.3 is 10.2 Å². The van der Waals surface area contributed by atoms with Crippen LogP contribution in [0.5, 0.6) is 0 Å². The minimum Gasteiger partial charge on any atom is -0.481 e. The van der Waals surface area contributed by atoms with E-state index in [4.69, 9.17) is 0 Å². The maximum atomic E-state index is 12.5. The fraction of sp³-hybridized carbons (Fsp3) is 0.111. The quantitative estimate of drug-likeness (QED) is 0.596. The molecule has 0 amide bonds. The molecule has 2 atom stereocenters. The lowest BCUT2D eigenvalue weighted by Gasteiger charge is -2.18. The van der Waals surface area contributed by atoms with Crippen molar-refractivity contribution < 1.29 is 29.4 Å². The maximum absolute atomic E-state index is 12.5. The number of aliphatic carboxylic acids is 2. The highest BCUT2D eigenvalue weighted by molar-refractivity contribution is 6.18. The van der Waals surface area contributed by atoms with Gasteiger partial charge in [-0.15, -0.1) is 0 Å². The molecular formula is C18H14O6. The number of Topliss-reactive ketones (excluding diaryl/α,β-unsaturated/α-hetero) is 2. The maximum Gasteiger partial charge on any atom is 0.315 e. The average Bonchev–Trinajstić information content (AvgIpc) is 2.59. The van der Waals surface area contributed by atoms with Crippen LogP contribution in [0.2, 0.25) is 0 Å². The van der Waals surface area contributed by atoms with Crippen molar-refractivity contribution in [3.8, 4) is 0 Å². The van der Waals surface area contributed by atoms with Crippen LogP contribution in [-0.4, -0.2) is 33.7 Å². The third-order valence-corrected chi connectivity index (χ3v) is 3.55. The van der Waals surface area contributed by atoms with Crippen LogP contribution >= 0.6 is 0 Å². The van der Waals surface area contributed by atoms with Gasteiger partial charge in [-0.05, 0) is 0 Å². The van der Waals surface area contributed by atoms with Crippen LogP contribution in [0.25, 0.3) is 0 Å². The highest BCUT2D eigenvalue weighted by atomic mass is 16.4. The summed E-state index contributed by atoms with van der Waals surface area (Å²) in [6.45, 7) is 0. The highest BCUT2D eigenvalue weighted by Gasteiger charge is 2.44. The Kier molecular flexibility index (Phi) is 5.21. The Morgan fingerprint density at radius 1 is 0.583 bits per heavy atom. The Hall–Kier alpha value is -3.28. The summed E-state index contributed by atoms with van der Waals surface area (Å²) in [5.74, 6) is -9.14. The molecule has 2 aromatic rings. The zero-order chi connectivity index (χ0) is 17.7. The molecule has 0 aromatic heterocycles. The Bertz CT molecular complexity index is 699. The molecule has 0 unspecified atom stereocenters. The van der Waals surface area contributed by atoms with Crippen molar-refractivity contribution in [3.63, 3.8) is 0 Å². The van der Waals surface area contributed by atoms with Gasteiger partial charge in [0.05, 0.1) is 0 Å². The van der Waals surface area contributed by atoms with Crippen LogP contribution < -0.4 is 0 Å². The minimum absolute atomic E-state index is 0.0389. The molecule has 0 radical (unpaired) electrons.